The molecule has 0 amide bonds. The fourth-order valence-electron chi connectivity index (χ4n) is 1.43. The van der Waals surface area contributed by atoms with Gasteiger partial charge in [-0.15, -0.1) is 0 Å². The second-order valence-electron chi connectivity index (χ2n) is 3.50. The van der Waals surface area contributed by atoms with Gasteiger partial charge >= 0.3 is 0 Å². The van der Waals surface area contributed by atoms with Gasteiger partial charge in [-0.05, 0) is 36.2 Å². The molecule has 0 saturated heterocycles. The predicted octanol–water partition coefficient (Wildman–Crippen LogP) is 1.91. The van der Waals surface area contributed by atoms with Crippen LogP contribution in [-0.4, -0.2) is 9.97 Å². The van der Waals surface area contributed by atoms with E-state index in [1.807, 2.05) is 25.1 Å². The lowest BCUT2D eigenvalue weighted by Gasteiger charge is -2.03. The van der Waals surface area contributed by atoms with Crippen LogP contribution >= 0.6 is 0 Å². The SMILES string of the molecule is Cc1ccnc(-c2cncc(CN)c2)c1. The summed E-state index contributed by atoms with van der Waals surface area (Å²) in [7, 11) is 0. The number of hydrogen-bond acceptors (Lipinski definition) is 3. The largest absolute Gasteiger partial charge is 0.326 e. The van der Waals surface area contributed by atoms with Gasteiger partial charge in [-0.25, -0.2) is 0 Å². The smallest absolute Gasteiger partial charge is 0.0720 e. The van der Waals surface area contributed by atoms with Gasteiger partial charge in [0, 0.05) is 30.7 Å². The van der Waals surface area contributed by atoms with Crippen molar-refractivity contribution in [2.45, 2.75) is 13.5 Å². The first kappa shape index (κ1) is 9.80. The van der Waals surface area contributed by atoms with Crippen LogP contribution in [-0.2, 0) is 6.54 Å². The molecule has 0 aliphatic carbocycles. The molecule has 0 saturated carbocycles. The molecule has 2 N–H and O–H groups in total. The lowest BCUT2D eigenvalue weighted by molar-refractivity contribution is 1.05. The second kappa shape index (κ2) is 4.19. The molecule has 2 aromatic rings. The highest BCUT2D eigenvalue weighted by molar-refractivity contribution is 5.59. The molecule has 76 valence electrons. The summed E-state index contributed by atoms with van der Waals surface area (Å²) in [6.07, 6.45) is 5.39. The summed E-state index contributed by atoms with van der Waals surface area (Å²) < 4.78 is 0. The standard InChI is InChI=1S/C12H13N3/c1-9-2-3-15-12(4-9)11-5-10(6-13)7-14-8-11/h2-5,7-8H,6,13H2,1H3. The molecule has 2 aromatic heterocycles. The van der Waals surface area contributed by atoms with Gasteiger partial charge in [0.25, 0.3) is 0 Å². The molecule has 0 aliphatic heterocycles. The second-order valence-corrected chi connectivity index (χ2v) is 3.50. The molecule has 0 spiro atoms. The molecule has 0 aliphatic rings. The van der Waals surface area contributed by atoms with Crippen LogP contribution in [0.1, 0.15) is 11.1 Å². The Balaban J connectivity index is 2.44. The average Bonchev–Trinajstić information content (AvgIpc) is 2.29. The maximum absolute atomic E-state index is 5.57. The van der Waals surface area contributed by atoms with Crippen molar-refractivity contribution >= 4 is 0 Å². The van der Waals surface area contributed by atoms with Crippen LogP contribution in [0.5, 0.6) is 0 Å². The lowest BCUT2D eigenvalue weighted by atomic mass is 10.1. The summed E-state index contributed by atoms with van der Waals surface area (Å²) in [5.41, 5.74) is 9.74. The summed E-state index contributed by atoms with van der Waals surface area (Å²) in [6, 6.07) is 6.04. The Kier molecular flexibility index (Phi) is 2.74. The van der Waals surface area contributed by atoms with Gasteiger partial charge < -0.3 is 5.73 Å². The van der Waals surface area contributed by atoms with Crippen LogP contribution in [0.3, 0.4) is 0 Å². The Morgan fingerprint density at radius 3 is 2.87 bits per heavy atom. The summed E-state index contributed by atoms with van der Waals surface area (Å²) in [5, 5.41) is 0. The van der Waals surface area contributed by atoms with Gasteiger partial charge in [-0.3, -0.25) is 9.97 Å². The maximum atomic E-state index is 5.57. The van der Waals surface area contributed by atoms with E-state index < -0.39 is 0 Å². The minimum absolute atomic E-state index is 0.507. The molecular weight excluding hydrogens is 186 g/mol. The quantitative estimate of drug-likeness (QED) is 0.803. The van der Waals surface area contributed by atoms with Crippen molar-refractivity contribution < 1.29 is 0 Å². The number of nitrogens with two attached hydrogens (primary N) is 1. The number of rotatable bonds is 2. The van der Waals surface area contributed by atoms with E-state index in [0.717, 1.165) is 16.8 Å². The lowest BCUT2D eigenvalue weighted by Crippen LogP contribution is -1.97. The highest BCUT2D eigenvalue weighted by Crippen LogP contribution is 2.17. The molecule has 0 radical (unpaired) electrons. The molecule has 0 fully saturated rings. The average molecular weight is 199 g/mol. The molecule has 3 heteroatoms. The summed E-state index contributed by atoms with van der Waals surface area (Å²) in [4.78, 5) is 8.45. The number of pyridine rings is 2. The summed E-state index contributed by atoms with van der Waals surface area (Å²) in [6.45, 7) is 2.55. The Labute approximate surface area is 89.0 Å². The monoisotopic (exact) mass is 199 g/mol. The first-order chi connectivity index (χ1) is 7.29. The Hall–Kier alpha value is -1.74. The van der Waals surface area contributed by atoms with Crippen molar-refractivity contribution in [3.05, 3.63) is 47.9 Å². The highest BCUT2D eigenvalue weighted by Gasteiger charge is 2.00. The number of hydrogen-bond donors (Lipinski definition) is 1. The maximum Gasteiger partial charge on any atom is 0.0720 e. The van der Waals surface area contributed by atoms with E-state index in [0.29, 0.717) is 6.54 Å². The third-order valence-electron chi connectivity index (χ3n) is 2.24. The zero-order valence-corrected chi connectivity index (χ0v) is 8.64. The fourth-order valence-corrected chi connectivity index (χ4v) is 1.43. The first-order valence-electron chi connectivity index (χ1n) is 4.86. The van der Waals surface area contributed by atoms with E-state index in [2.05, 4.69) is 9.97 Å². The van der Waals surface area contributed by atoms with E-state index in [-0.39, 0.29) is 0 Å². The molecule has 0 unspecified atom stereocenters. The first-order valence-corrected chi connectivity index (χ1v) is 4.86. The van der Waals surface area contributed by atoms with Crippen molar-refractivity contribution in [1.82, 2.24) is 9.97 Å². The molecule has 15 heavy (non-hydrogen) atoms. The van der Waals surface area contributed by atoms with E-state index >= 15 is 0 Å². The zero-order chi connectivity index (χ0) is 10.7. The minimum atomic E-state index is 0.507. The predicted molar refractivity (Wildman–Crippen MR) is 60.1 cm³/mol. The fraction of sp³-hybridized carbons (Fsp3) is 0.167. The van der Waals surface area contributed by atoms with E-state index in [1.165, 1.54) is 5.56 Å². The topological polar surface area (TPSA) is 51.8 Å². The van der Waals surface area contributed by atoms with Crippen LogP contribution in [0.25, 0.3) is 11.3 Å². The van der Waals surface area contributed by atoms with Gasteiger partial charge in [0.2, 0.25) is 0 Å². The van der Waals surface area contributed by atoms with Gasteiger partial charge in [0.1, 0.15) is 0 Å². The third-order valence-corrected chi connectivity index (χ3v) is 2.24. The number of aromatic nitrogens is 2. The van der Waals surface area contributed by atoms with Crippen molar-refractivity contribution in [3.8, 4) is 11.3 Å². The number of aryl methyl sites for hydroxylation is 1. The van der Waals surface area contributed by atoms with Crippen molar-refractivity contribution in [1.29, 1.82) is 0 Å². The molecule has 0 aromatic carbocycles. The van der Waals surface area contributed by atoms with E-state index in [1.54, 1.807) is 18.6 Å². The number of nitrogens with zero attached hydrogens (tertiary/aromatic N) is 2. The summed E-state index contributed by atoms with van der Waals surface area (Å²) in [5.74, 6) is 0. The van der Waals surface area contributed by atoms with Crippen LogP contribution in [0, 0.1) is 6.92 Å². The van der Waals surface area contributed by atoms with Gasteiger partial charge in [-0.2, -0.15) is 0 Å². The molecular formula is C12H13N3. The Bertz CT molecular complexity index is 466. The van der Waals surface area contributed by atoms with E-state index in [4.69, 9.17) is 5.73 Å². The van der Waals surface area contributed by atoms with Crippen molar-refractivity contribution in [2.75, 3.05) is 0 Å². The molecule has 3 nitrogen and oxygen atoms in total. The van der Waals surface area contributed by atoms with Crippen molar-refractivity contribution in [2.24, 2.45) is 5.73 Å². The van der Waals surface area contributed by atoms with Crippen LogP contribution in [0.2, 0.25) is 0 Å². The molecule has 0 atom stereocenters. The third kappa shape index (κ3) is 2.19. The Morgan fingerprint density at radius 1 is 1.27 bits per heavy atom. The molecule has 0 bridgehead atoms. The van der Waals surface area contributed by atoms with Gasteiger partial charge in [-0.1, -0.05) is 0 Å². The highest BCUT2D eigenvalue weighted by atomic mass is 14.7. The molecule has 2 heterocycles. The molecule has 2 rings (SSSR count). The Morgan fingerprint density at radius 2 is 2.13 bits per heavy atom. The summed E-state index contributed by atoms with van der Waals surface area (Å²) >= 11 is 0. The van der Waals surface area contributed by atoms with E-state index in [9.17, 15) is 0 Å². The van der Waals surface area contributed by atoms with Crippen molar-refractivity contribution in [3.63, 3.8) is 0 Å². The van der Waals surface area contributed by atoms with Crippen LogP contribution in [0.4, 0.5) is 0 Å². The van der Waals surface area contributed by atoms with Gasteiger partial charge in [0.15, 0.2) is 0 Å². The van der Waals surface area contributed by atoms with Crippen LogP contribution < -0.4 is 5.73 Å². The minimum Gasteiger partial charge on any atom is -0.326 e. The normalized spacial score (nSPS) is 10.3. The van der Waals surface area contributed by atoms with Crippen LogP contribution in [0.15, 0.2) is 36.8 Å². The zero-order valence-electron chi connectivity index (χ0n) is 8.64. The van der Waals surface area contributed by atoms with Gasteiger partial charge in [0.05, 0.1) is 5.69 Å².